The Bertz CT molecular complexity index is 1350. The van der Waals surface area contributed by atoms with Crippen molar-refractivity contribution in [1.82, 2.24) is 30.5 Å². The van der Waals surface area contributed by atoms with Gasteiger partial charge in [0.25, 0.3) is 11.8 Å². The topological polar surface area (TPSA) is 186 Å². The highest BCUT2D eigenvalue weighted by Gasteiger charge is 2.54. The fourth-order valence-corrected chi connectivity index (χ4v) is 6.82. The number of aliphatic hydroxyl groups is 1. The molecule has 4 aliphatic rings. The zero-order valence-corrected chi connectivity index (χ0v) is 22.9. The van der Waals surface area contributed by atoms with Crippen LogP contribution in [0.15, 0.2) is 57.2 Å². The van der Waals surface area contributed by atoms with Gasteiger partial charge in [0.1, 0.15) is 35.7 Å². The average Bonchev–Trinajstić information content (AvgIpc) is 3.54. The molecule has 0 aliphatic carbocycles. The number of rotatable bonds is 10. The predicted molar refractivity (Wildman–Crippen MR) is 146 cm³/mol. The maximum absolute atomic E-state index is 13.1. The predicted octanol–water partition coefficient (Wildman–Crippen LogP) is -0.170. The van der Waals surface area contributed by atoms with Crippen LogP contribution in [0.4, 0.5) is 5.13 Å². The summed E-state index contributed by atoms with van der Waals surface area (Å²) in [4.78, 5) is 50.3. The van der Waals surface area contributed by atoms with E-state index in [0.717, 1.165) is 22.2 Å². The van der Waals surface area contributed by atoms with Gasteiger partial charge in [-0.2, -0.15) is 0 Å². The molecule has 39 heavy (non-hydrogen) atoms. The van der Waals surface area contributed by atoms with Crippen molar-refractivity contribution < 1.29 is 29.4 Å². The standard InChI is InChI=1S/C22H24N8O6S3/c1-36-27-15(12-10-39-22(23)24-12)18(32)25-16-19(33)30-17(21(34)35)11(9-38-20(16)30)8-28-4-5-29-14(28)3-2-13(26-29)37-7-6-31/h2-5,10,16,20,26,31H,6-9H2,1H3,(H2,23,24)(H,25,32)(H,34,35)/b27-15-/t16-,20+/m1/s1. The number of thiazole rings is 1. The molecule has 5 rings (SSSR count). The first kappa shape index (κ1) is 26.9. The largest absolute Gasteiger partial charge is 0.477 e. The summed E-state index contributed by atoms with van der Waals surface area (Å²) in [6.07, 6.45) is 7.41. The van der Waals surface area contributed by atoms with E-state index in [1.807, 2.05) is 29.5 Å². The molecule has 2 amide bonds. The van der Waals surface area contributed by atoms with E-state index in [1.54, 1.807) is 10.4 Å². The number of carboxylic acid groups (broad SMARTS) is 1. The summed E-state index contributed by atoms with van der Waals surface area (Å²) in [6.45, 7) is 0.321. The van der Waals surface area contributed by atoms with Crippen LogP contribution in [0.3, 0.4) is 0 Å². The molecule has 14 nitrogen and oxygen atoms in total. The van der Waals surface area contributed by atoms with E-state index in [0.29, 0.717) is 17.1 Å². The number of fused-ring (bicyclic) bond motifs is 2. The molecule has 0 unspecified atom stereocenters. The molecular formula is C22H24N8O6S3. The number of nitrogens with zero attached hydrogens (tertiary/aromatic N) is 5. The third-order valence-corrected chi connectivity index (χ3v) is 8.90. The number of aliphatic hydroxyl groups excluding tert-OH is 1. The lowest BCUT2D eigenvalue weighted by Gasteiger charge is -2.49. The highest BCUT2D eigenvalue weighted by atomic mass is 32.2. The number of hydrazine groups is 1. The van der Waals surface area contributed by atoms with Gasteiger partial charge in [0.2, 0.25) is 0 Å². The number of nitrogens with two attached hydrogens (primary N) is 1. The van der Waals surface area contributed by atoms with E-state index >= 15 is 0 Å². The van der Waals surface area contributed by atoms with Crippen molar-refractivity contribution in [1.29, 1.82) is 0 Å². The summed E-state index contributed by atoms with van der Waals surface area (Å²) in [7, 11) is 1.28. The van der Waals surface area contributed by atoms with Crippen molar-refractivity contribution in [3.63, 3.8) is 0 Å². The highest BCUT2D eigenvalue weighted by molar-refractivity contribution is 8.03. The quantitative estimate of drug-likeness (QED) is 0.137. The van der Waals surface area contributed by atoms with E-state index in [2.05, 4.69) is 20.9 Å². The highest BCUT2D eigenvalue weighted by Crippen LogP contribution is 2.41. The minimum Gasteiger partial charge on any atom is -0.477 e. The van der Waals surface area contributed by atoms with Crippen LogP contribution in [-0.2, 0) is 19.2 Å². The van der Waals surface area contributed by atoms with Crippen molar-refractivity contribution in [2.75, 3.05) is 37.5 Å². The second kappa shape index (κ2) is 11.2. The molecule has 6 N–H and O–H groups in total. The summed E-state index contributed by atoms with van der Waals surface area (Å²) < 4.78 is 0. The number of hydrogen-bond donors (Lipinski definition) is 5. The van der Waals surface area contributed by atoms with Crippen LogP contribution in [0, 0.1) is 0 Å². The van der Waals surface area contributed by atoms with Crippen LogP contribution in [0.1, 0.15) is 5.69 Å². The molecule has 0 spiro atoms. The first-order chi connectivity index (χ1) is 18.8. The molecule has 0 aromatic carbocycles. The lowest BCUT2D eigenvalue weighted by molar-refractivity contribution is -0.150. The molecule has 0 radical (unpaired) electrons. The number of allylic oxidation sites excluding steroid dienone is 2. The number of hydrogen-bond acceptors (Lipinski definition) is 14. The van der Waals surface area contributed by atoms with E-state index in [-0.39, 0.29) is 35.4 Å². The number of carboxylic acids is 1. The fourth-order valence-electron chi connectivity index (χ4n) is 4.30. The van der Waals surface area contributed by atoms with Crippen molar-refractivity contribution in [3.05, 3.63) is 57.7 Å². The van der Waals surface area contributed by atoms with Gasteiger partial charge in [-0.1, -0.05) is 5.16 Å². The molecule has 5 heterocycles. The first-order valence-electron chi connectivity index (χ1n) is 11.5. The maximum Gasteiger partial charge on any atom is 0.352 e. The number of oxime groups is 1. The summed E-state index contributed by atoms with van der Waals surface area (Å²) in [5.41, 5.74) is 9.43. The minimum absolute atomic E-state index is 0.0651. The summed E-state index contributed by atoms with van der Waals surface area (Å²) in [5, 5.41) is 29.3. The van der Waals surface area contributed by atoms with Crippen molar-refractivity contribution in [2.45, 2.75) is 11.4 Å². The normalized spacial score (nSPS) is 22.1. The molecule has 0 bridgehead atoms. The molecule has 17 heteroatoms. The van der Waals surface area contributed by atoms with E-state index < -0.39 is 29.2 Å². The van der Waals surface area contributed by atoms with E-state index in [1.165, 1.54) is 35.5 Å². The van der Waals surface area contributed by atoms with Crippen LogP contribution in [0.2, 0.25) is 0 Å². The van der Waals surface area contributed by atoms with Gasteiger partial charge < -0.3 is 31.0 Å². The number of nitrogen functional groups attached to an aromatic ring is 1. The Morgan fingerprint density at radius 1 is 1.38 bits per heavy atom. The van der Waals surface area contributed by atoms with Crippen LogP contribution in [0.5, 0.6) is 0 Å². The van der Waals surface area contributed by atoms with Gasteiger partial charge in [-0.25, -0.2) is 14.8 Å². The van der Waals surface area contributed by atoms with Crippen molar-refractivity contribution in [3.8, 4) is 0 Å². The SMILES string of the molecule is CO/N=C(\C(=O)N[C@@H]1C(=O)N2C(C(=O)O)=C(CN3C=CN4NC(SCCO)=CC=C34)CS[C@@H]12)c1csc(N)n1. The number of nitrogens with one attached hydrogen (secondary N) is 2. The Labute approximate surface area is 234 Å². The van der Waals surface area contributed by atoms with Crippen LogP contribution in [-0.4, -0.2) is 96.7 Å². The molecule has 206 valence electrons. The Hall–Kier alpha value is -3.67. The summed E-state index contributed by atoms with van der Waals surface area (Å²) in [5.74, 6) is -0.733. The third-order valence-electron chi connectivity index (χ3n) is 5.96. The lowest BCUT2D eigenvalue weighted by atomic mass is 10.0. The first-order valence-corrected chi connectivity index (χ1v) is 14.4. The average molecular weight is 593 g/mol. The molecule has 1 aromatic heterocycles. The van der Waals surface area contributed by atoms with Crippen molar-refractivity contribution in [2.24, 2.45) is 5.16 Å². The van der Waals surface area contributed by atoms with Crippen LogP contribution < -0.4 is 16.5 Å². The molecule has 1 saturated heterocycles. The van der Waals surface area contributed by atoms with Gasteiger partial charge in [-0.15, -0.1) is 34.9 Å². The molecule has 1 fully saturated rings. The Kier molecular flexibility index (Phi) is 7.74. The van der Waals surface area contributed by atoms with Gasteiger partial charge in [-0.3, -0.25) is 19.9 Å². The zero-order chi connectivity index (χ0) is 27.7. The maximum atomic E-state index is 13.1. The number of carbonyl (C=O) groups excluding carboxylic acids is 2. The number of aliphatic carboxylic acids is 1. The zero-order valence-electron chi connectivity index (χ0n) is 20.4. The van der Waals surface area contributed by atoms with Crippen LogP contribution in [0.25, 0.3) is 0 Å². The monoisotopic (exact) mass is 592 g/mol. The van der Waals surface area contributed by atoms with E-state index in [9.17, 15) is 19.5 Å². The molecular weight excluding hydrogens is 568 g/mol. The number of carbonyl (C=O) groups is 3. The molecule has 0 saturated carbocycles. The molecule has 1 aromatic rings. The van der Waals surface area contributed by atoms with Gasteiger partial charge in [0.15, 0.2) is 10.8 Å². The smallest absolute Gasteiger partial charge is 0.352 e. The second-order valence-corrected chi connectivity index (χ2v) is 11.5. The number of amides is 2. The number of β-lactam (4-membered cyclic amide) rings is 1. The summed E-state index contributed by atoms with van der Waals surface area (Å²) >= 11 is 3.97. The van der Waals surface area contributed by atoms with Crippen molar-refractivity contribution >= 4 is 63.5 Å². The third kappa shape index (κ3) is 5.17. The minimum atomic E-state index is -1.22. The summed E-state index contributed by atoms with van der Waals surface area (Å²) in [6, 6.07) is -0.941. The number of thioether (sulfide) groups is 2. The Morgan fingerprint density at radius 3 is 2.90 bits per heavy atom. The van der Waals surface area contributed by atoms with Gasteiger partial charge in [-0.05, 0) is 17.7 Å². The van der Waals surface area contributed by atoms with Gasteiger partial charge in [0.05, 0.1) is 11.6 Å². The number of aromatic nitrogens is 1. The fraction of sp³-hybridized carbons (Fsp3) is 0.318. The van der Waals surface area contributed by atoms with Gasteiger partial charge in [0, 0.05) is 35.8 Å². The molecule has 4 aliphatic heterocycles. The lowest BCUT2D eigenvalue weighted by Crippen LogP contribution is -2.71. The van der Waals surface area contributed by atoms with Crippen LogP contribution >= 0.6 is 34.9 Å². The molecule has 2 atom stereocenters. The Balaban J connectivity index is 1.30. The number of anilines is 1. The van der Waals surface area contributed by atoms with E-state index in [4.69, 9.17) is 15.7 Å². The Morgan fingerprint density at radius 2 is 2.21 bits per heavy atom. The van der Waals surface area contributed by atoms with Gasteiger partial charge >= 0.3 is 5.97 Å². The second-order valence-electron chi connectivity index (χ2n) is 8.35.